The molecule has 0 aliphatic heterocycles. The van der Waals surface area contributed by atoms with Crippen LogP contribution in [0.1, 0.15) is 19.5 Å². The summed E-state index contributed by atoms with van der Waals surface area (Å²) < 4.78 is 9.63. The van der Waals surface area contributed by atoms with E-state index in [0.717, 1.165) is 0 Å². The van der Waals surface area contributed by atoms with Crippen molar-refractivity contribution in [2.75, 3.05) is 23.8 Å². The normalized spacial score (nSPS) is 10.2. The molecule has 2 amide bonds. The molecule has 0 aromatic carbocycles. The third-order valence-electron chi connectivity index (χ3n) is 2.65. The minimum absolute atomic E-state index is 0.143. The van der Waals surface area contributed by atoms with Crippen LogP contribution < -0.4 is 10.6 Å². The number of carbonyl (C=O) groups is 2. The average molecular weight is 319 g/mol. The van der Waals surface area contributed by atoms with Crippen LogP contribution in [0.4, 0.5) is 21.2 Å². The number of amides is 2. The predicted molar refractivity (Wildman–Crippen MR) is 83.4 cm³/mol. The number of pyridine rings is 1. The number of aryl methyl sites for hydroxylation is 1. The van der Waals surface area contributed by atoms with Crippen LogP contribution in [0.25, 0.3) is 11.0 Å². The second kappa shape index (κ2) is 7.34. The fraction of sp³-hybridized carbons (Fsp3) is 0.357. The Kier molecular flexibility index (Phi) is 5.23. The molecule has 0 saturated carbocycles. The van der Waals surface area contributed by atoms with Crippen LogP contribution in [-0.2, 0) is 9.47 Å². The highest BCUT2D eigenvalue weighted by Gasteiger charge is 2.14. The Bertz CT molecular complexity index is 734. The van der Waals surface area contributed by atoms with Gasteiger partial charge in [0, 0.05) is 12.3 Å². The van der Waals surface area contributed by atoms with Crippen molar-refractivity contribution in [1.29, 1.82) is 0 Å². The van der Waals surface area contributed by atoms with Gasteiger partial charge in [-0.3, -0.25) is 15.6 Å². The molecule has 0 bridgehead atoms. The molecule has 0 aliphatic carbocycles. The number of nitrogens with one attached hydrogen (secondary N) is 2. The fourth-order valence-corrected chi connectivity index (χ4v) is 1.79. The molecule has 122 valence electrons. The van der Waals surface area contributed by atoms with Gasteiger partial charge in [0.15, 0.2) is 5.82 Å². The molecule has 9 heteroatoms. The first-order chi connectivity index (χ1) is 11.0. The van der Waals surface area contributed by atoms with Crippen molar-refractivity contribution in [1.82, 2.24) is 15.0 Å². The van der Waals surface area contributed by atoms with Crippen LogP contribution in [0.5, 0.6) is 0 Å². The van der Waals surface area contributed by atoms with E-state index in [4.69, 9.17) is 9.47 Å². The lowest BCUT2D eigenvalue weighted by atomic mass is 10.3. The van der Waals surface area contributed by atoms with E-state index in [1.165, 1.54) is 6.07 Å². The molecule has 0 radical (unpaired) electrons. The first kappa shape index (κ1) is 16.4. The Morgan fingerprint density at radius 2 is 1.74 bits per heavy atom. The van der Waals surface area contributed by atoms with Gasteiger partial charge in [-0.2, -0.15) is 0 Å². The van der Waals surface area contributed by atoms with E-state index >= 15 is 0 Å². The number of nitrogens with zero attached hydrogens (tertiary/aromatic N) is 3. The lowest BCUT2D eigenvalue weighted by Gasteiger charge is -2.10. The first-order valence-corrected chi connectivity index (χ1v) is 7.05. The van der Waals surface area contributed by atoms with Crippen molar-refractivity contribution in [2.24, 2.45) is 0 Å². The van der Waals surface area contributed by atoms with Gasteiger partial charge in [0.1, 0.15) is 11.3 Å². The molecule has 2 rings (SSSR count). The summed E-state index contributed by atoms with van der Waals surface area (Å²) in [6, 6.07) is 1.54. The molecule has 0 atom stereocenters. The zero-order valence-electron chi connectivity index (χ0n) is 13.0. The second-order valence-corrected chi connectivity index (χ2v) is 4.43. The third kappa shape index (κ3) is 4.25. The Balaban J connectivity index is 2.41. The van der Waals surface area contributed by atoms with Gasteiger partial charge in [-0.05, 0) is 20.8 Å². The van der Waals surface area contributed by atoms with Gasteiger partial charge in [-0.25, -0.2) is 19.6 Å². The van der Waals surface area contributed by atoms with Crippen molar-refractivity contribution < 1.29 is 19.1 Å². The summed E-state index contributed by atoms with van der Waals surface area (Å²) in [5.74, 6) is 0.324. The van der Waals surface area contributed by atoms with E-state index in [1.807, 2.05) is 0 Å². The molecular formula is C14H17N5O4. The molecule has 0 aliphatic rings. The number of rotatable bonds is 4. The minimum atomic E-state index is -0.669. The highest BCUT2D eigenvalue weighted by atomic mass is 16.6. The smallest absolute Gasteiger partial charge is 0.412 e. The number of fused-ring (bicyclic) bond motifs is 1. The van der Waals surface area contributed by atoms with E-state index in [-0.39, 0.29) is 24.8 Å². The number of anilines is 2. The average Bonchev–Trinajstić information content (AvgIpc) is 2.48. The van der Waals surface area contributed by atoms with Crippen molar-refractivity contribution in [3.05, 3.63) is 18.0 Å². The maximum absolute atomic E-state index is 11.6. The molecule has 2 aromatic rings. The van der Waals surface area contributed by atoms with Gasteiger partial charge in [0.2, 0.25) is 0 Å². The Morgan fingerprint density at radius 1 is 1.09 bits per heavy atom. The molecule has 0 spiro atoms. The molecule has 2 heterocycles. The van der Waals surface area contributed by atoms with Crippen LogP contribution in [0.15, 0.2) is 12.3 Å². The number of ether oxygens (including phenoxy) is 2. The quantitative estimate of drug-likeness (QED) is 0.889. The van der Waals surface area contributed by atoms with Gasteiger partial charge in [-0.15, -0.1) is 0 Å². The second-order valence-electron chi connectivity index (χ2n) is 4.43. The summed E-state index contributed by atoms with van der Waals surface area (Å²) in [6.07, 6.45) is 0.254. The molecule has 23 heavy (non-hydrogen) atoms. The van der Waals surface area contributed by atoms with Crippen LogP contribution in [0.2, 0.25) is 0 Å². The molecular weight excluding hydrogens is 302 g/mol. The lowest BCUT2D eigenvalue weighted by Crippen LogP contribution is -2.18. The molecule has 0 unspecified atom stereocenters. The SMILES string of the molecule is CCOC(=O)Nc1cc2ncc(C)nc2c(NC(=O)OCC)n1. The molecule has 9 nitrogen and oxygen atoms in total. The van der Waals surface area contributed by atoms with Crippen LogP contribution in [0, 0.1) is 6.92 Å². The molecule has 2 aromatic heterocycles. The molecule has 0 saturated heterocycles. The van der Waals surface area contributed by atoms with Crippen molar-refractivity contribution >= 4 is 34.9 Å². The Labute approximate surface area is 132 Å². The van der Waals surface area contributed by atoms with Crippen molar-refractivity contribution in [3.8, 4) is 0 Å². The standard InChI is InChI=1S/C14H17N5O4/c1-4-22-13(20)18-10-6-9-11(16-8(3)7-15-9)12(17-10)19-14(21)23-5-2/h6-7H,4-5H2,1-3H3,(H2,17,18,19,20,21). The molecule has 2 N–H and O–H groups in total. The summed E-state index contributed by atoms with van der Waals surface area (Å²) in [5, 5.41) is 4.95. The summed E-state index contributed by atoms with van der Waals surface area (Å²) in [7, 11) is 0. The summed E-state index contributed by atoms with van der Waals surface area (Å²) in [4.78, 5) is 35.8. The highest BCUT2D eigenvalue weighted by molar-refractivity contribution is 5.97. The van der Waals surface area contributed by atoms with Gasteiger partial charge >= 0.3 is 12.2 Å². The van der Waals surface area contributed by atoms with Crippen LogP contribution >= 0.6 is 0 Å². The van der Waals surface area contributed by atoms with E-state index in [9.17, 15) is 9.59 Å². The largest absolute Gasteiger partial charge is 0.450 e. The number of hydrogen-bond acceptors (Lipinski definition) is 7. The van der Waals surface area contributed by atoms with E-state index in [2.05, 4.69) is 25.6 Å². The zero-order valence-corrected chi connectivity index (χ0v) is 13.0. The number of aromatic nitrogens is 3. The van der Waals surface area contributed by atoms with E-state index < -0.39 is 12.2 Å². The number of hydrogen-bond donors (Lipinski definition) is 2. The topological polar surface area (TPSA) is 115 Å². The van der Waals surface area contributed by atoms with E-state index in [1.54, 1.807) is 27.0 Å². The van der Waals surface area contributed by atoms with Gasteiger partial charge in [-0.1, -0.05) is 0 Å². The lowest BCUT2D eigenvalue weighted by molar-refractivity contribution is 0.167. The first-order valence-electron chi connectivity index (χ1n) is 7.05. The Hall–Kier alpha value is -2.97. The van der Waals surface area contributed by atoms with Gasteiger partial charge in [0.25, 0.3) is 0 Å². The summed E-state index contributed by atoms with van der Waals surface area (Å²) in [6.45, 7) is 5.59. The monoisotopic (exact) mass is 319 g/mol. The van der Waals surface area contributed by atoms with Crippen LogP contribution in [-0.4, -0.2) is 40.4 Å². The zero-order chi connectivity index (χ0) is 16.8. The molecule has 0 fully saturated rings. The summed E-state index contributed by atoms with van der Waals surface area (Å²) >= 11 is 0. The maximum Gasteiger partial charge on any atom is 0.412 e. The van der Waals surface area contributed by atoms with Crippen LogP contribution in [0.3, 0.4) is 0 Å². The third-order valence-corrected chi connectivity index (χ3v) is 2.65. The predicted octanol–water partition coefficient (Wildman–Crippen LogP) is 2.47. The Morgan fingerprint density at radius 3 is 2.39 bits per heavy atom. The fourth-order valence-electron chi connectivity index (χ4n) is 1.79. The maximum atomic E-state index is 11.6. The van der Waals surface area contributed by atoms with Crippen molar-refractivity contribution in [3.63, 3.8) is 0 Å². The summed E-state index contributed by atoms with van der Waals surface area (Å²) in [5.41, 5.74) is 1.52. The van der Waals surface area contributed by atoms with Gasteiger partial charge < -0.3 is 9.47 Å². The van der Waals surface area contributed by atoms with Crippen molar-refractivity contribution in [2.45, 2.75) is 20.8 Å². The highest BCUT2D eigenvalue weighted by Crippen LogP contribution is 2.22. The number of carbonyl (C=O) groups excluding carboxylic acids is 2. The van der Waals surface area contributed by atoms with E-state index in [0.29, 0.717) is 16.7 Å². The van der Waals surface area contributed by atoms with Gasteiger partial charge in [0.05, 0.1) is 24.4 Å². The minimum Gasteiger partial charge on any atom is -0.450 e.